The van der Waals surface area contributed by atoms with Gasteiger partial charge in [0.05, 0.1) is 5.92 Å². The van der Waals surface area contributed by atoms with Crippen molar-refractivity contribution < 1.29 is 18.0 Å². The van der Waals surface area contributed by atoms with Crippen molar-refractivity contribution in [3.8, 4) is 0 Å². The highest BCUT2D eigenvalue weighted by atomic mass is 35.5. The van der Waals surface area contributed by atoms with Crippen molar-refractivity contribution in [3.05, 3.63) is 11.2 Å². The molecule has 1 saturated carbocycles. The number of hydrogen-bond donors (Lipinski definition) is 2. The molecule has 150 valence electrons. The molecule has 10 heteroatoms. The van der Waals surface area contributed by atoms with Crippen molar-refractivity contribution in [1.29, 1.82) is 0 Å². The van der Waals surface area contributed by atoms with E-state index in [2.05, 4.69) is 20.6 Å². The molecule has 0 unspecified atom stereocenters. The van der Waals surface area contributed by atoms with Crippen molar-refractivity contribution in [3.63, 3.8) is 0 Å². The van der Waals surface area contributed by atoms with Crippen molar-refractivity contribution in [1.82, 2.24) is 15.3 Å². The zero-order valence-corrected chi connectivity index (χ0v) is 15.8. The van der Waals surface area contributed by atoms with E-state index in [0.717, 1.165) is 30.6 Å². The second-order valence-electron chi connectivity index (χ2n) is 7.10. The van der Waals surface area contributed by atoms with Crippen LogP contribution in [0.15, 0.2) is 6.07 Å². The predicted molar refractivity (Wildman–Crippen MR) is 96.9 cm³/mol. The Morgan fingerprint density at radius 3 is 2.56 bits per heavy atom. The monoisotopic (exact) mass is 405 g/mol. The third-order valence-corrected chi connectivity index (χ3v) is 5.42. The molecule has 2 heterocycles. The topological polar surface area (TPSA) is 70.2 Å². The molecular formula is C17H23ClF3N5O. The Labute approximate surface area is 160 Å². The van der Waals surface area contributed by atoms with Crippen LogP contribution in [0.5, 0.6) is 0 Å². The molecule has 0 spiro atoms. The Morgan fingerprint density at radius 2 is 1.93 bits per heavy atom. The summed E-state index contributed by atoms with van der Waals surface area (Å²) in [5, 5.41) is 5.72. The Hall–Kier alpha value is -1.77. The van der Waals surface area contributed by atoms with Gasteiger partial charge < -0.3 is 15.5 Å². The molecule has 2 aliphatic rings. The number of piperidine rings is 1. The van der Waals surface area contributed by atoms with Crippen molar-refractivity contribution in [2.75, 3.05) is 23.8 Å². The molecule has 1 aromatic heterocycles. The zero-order valence-electron chi connectivity index (χ0n) is 15.0. The number of anilines is 2. The molecule has 27 heavy (non-hydrogen) atoms. The van der Waals surface area contributed by atoms with E-state index >= 15 is 0 Å². The van der Waals surface area contributed by atoms with E-state index in [0.29, 0.717) is 0 Å². The summed E-state index contributed by atoms with van der Waals surface area (Å²) in [6.45, 7) is -0.0563. The number of halogens is 4. The molecule has 2 fully saturated rings. The van der Waals surface area contributed by atoms with Crippen LogP contribution in [-0.2, 0) is 4.79 Å². The highest BCUT2D eigenvalue weighted by Crippen LogP contribution is 2.37. The molecule has 2 atom stereocenters. The Bertz CT molecular complexity index is 681. The second-order valence-corrected chi connectivity index (χ2v) is 7.48. The molecule has 2 N–H and O–H groups in total. The maximum absolute atomic E-state index is 13.6. The molecule has 3 rings (SSSR count). The molecule has 1 aliphatic heterocycles. The Kier molecular flexibility index (Phi) is 5.98. The summed E-state index contributed by atoms with van der Waals surface area (Å²) in [5.74, 6) is -0.492. The lowest BCUT2D eigenvalue weighted by Crippen LogP contribution is -2.54. The fourth-order valence-electron chi connectivity index (χ4n) is 3.83. The third kappa shape index (κ3) is 4.75. The summed E-state index contributed by atoms with van der Waals surface area (Å²) < 4.78 is 40.7. The van der Waals surface area contributed by atoms with Gasteiger partial charge in [-0.15, -0.1) is 0 Å². The number of hydrogen-bond acceptors (Lipinski definition) is 5. The van der Waals surface area contributed by atoms with Gasteiger partial charge in [0.2, 0.25) is 11.9 Å². The van der Waals surface area contributed by atoms with E-state index in [1.165, 1.54) is 6.07 Å². The summed E-state index contributed by atoms with van der Waals surface area (Å²) in [7, 11) is 1.56. The number of alkyl halides is 3. The van der Waals surface area contributed by atoms with Crippen LogP contribution < -0.4 is 15.5 Å². The minimum Gasteiger partial charge on any atom is -0.357 e. The van der Waals surface area contributed by atoms with E-state index in [4.69, 9.17) is 11.6 Å². The Balaban J connectivity index is 1.82. The van der Waals surface area contributed by atoms with Gasteiger partial charge in [-0.05, 0) is 25.7 Å². The lowest BCUT2D eigenvalue weighted by molar-refractivity contribution is -0.156. The number of carbonyl (C=O) groups is 1. The SMILES string of the molecule is CNc1nc(Cl)cc(N2C[C@H](C(=O)NC3CCCC3)CC[C@@H]2C(F)(F)F)n1. The molecule has 0 aromatic carbocycles. The van der Waals surface area contributed by atoms with E-state index in [9.17, 15) is 18.0 Å². The van der Waals surface area contributed by atoms with E-state index < -0.39 is 18.1 Å². The number of rotatable bonds is 4. The van der Waals surface area contributed by atoms with E-state index in [1.54, 1.807) is 7.05 Å². The zero-order chi connectivity index (χ0) is 19.6. The van der Waals surface area contributed by atoms with Crippen molar-refractivity contribution in [2.45, 2.75) is 56.8 Å². The molecule has 0 bridgehead atoms. The molecular weight excluding hydrogens is 383 g/mol. The molecule has 6 nitrogen and oxygen atoms in total. The van der Waals surface area contributed by atoms with Gasteiger partial charge in [-0.25, -0.2) is 4.98 Å². The van der Waals surface area contributed by atoms with Gasteiger partial charge in [-0.1, -0.05) is 24.4 Å². The molecule has 1 aliphatic carbocycles. The van der Waals surface area contributed by atoms with Crippen molar-refractivity contribution in [2.24, 2.45) is 5.92 Å². The van der Waals surface area contributed by atoms with Crippen LogP contribution in [0.3, 0.4) is 0 Å². The average Bonchev–Trinajstić information content (AvgIpc) is 3.12. The number of carbonyl (C=O) groups excluding carboxylic acids is 1. The third-order valence-electron chi connectivity index (χ3n) is 5.23. The van der Waals surface area contributed by atoms with Gasteiger partial charge in [0.15, 0.2) is 0 Å². The number of nitrogens with zero attached hydrogens (tertiary/aromatic N) is 3. The van der Waals surface area contributed by atoms with E-state index in [1.807, 2.05) is 0 Å². The quantitative estimate of drug-likeness (QED) is 0.751. The molecule has 1 saturated heterocycles. The lowest BCUT2D eigenvalue weighted by Gasteiger charge is -2.40. The van der Waals surface area contributed by atoms with Crippen LogP contribution in [0.1, 0.15) is 38.5 Å². The summed E-state index contributed by atoms with van der Waals surface area (Å²) in [4.78, 5) is 21.8. The van der Waals surface area contributed by atoms with Crippen molar-refractivity contribution >= 4 is 29.3 Å². The first kappa shape index (κ1) is 20.0. The van der Waals surface area contributed by atoms with Crippen LogP contribution in [0.25, 0.3) is 0 Å². The minimum absolute atomic E-state index is 0.0443. The fraction of sp³-hybridized carbons (Fsp3) is 0.706. The number of nitrogens with one attached hydrogen (secondary N) is 2. The summed E-state index contributed by atoms with van der Waals surface area (Å²) >= 11 is 5.94. The normalized spacial score (nSPS) is 24.1. The smallest absolute Gasteiger partial charge is 0.357 e. The highest BCUT2D eigenvalue weighted by Gasteiger charge is 2.48. The first-order chi connectivity index (χ1) is 12.8. The average molecular weight is 406 g/mol. The first-order valence-corrected chi connectivity index (χ1v) is 9.52. The number of amides is 1. The number of aromatic nitrogens is 2. The summed E-state index contributed by atoms with van der Waals surface area (Å²) in [6, 6.07) is -0.266. The minimum atomic E-state index is -4.43. The maximum Gasteiger partial charge on any atom is 0.408 e. The van der Waals surface area contributed by atoms with Crippen LogP contribution in [-0.4, -0.2) is 47.7 Å². The van der Waals surface area contributed by atoms with Gasteiger partial charge in [0.25, 0.3) is 0 Å². The van der Waals surface area contributed by atoms with Gasteiger partial charge >= 0.3 is 6.18 Å². The first-order valence-electron chi connectivity index (χ1n) is 9.14. The second kappa shape index (κ2) is 8.08. The van der Waals surface area contributed by atoms with Gasteiger partial charge in [-0.3, -0.25) is 4.79 Å². The van der Waals surface area contributed by atoms with Gasteiger partial charge in [0.1, 0.15) is 17.0 Å². The van der Waals surface area contributed by atoms with E-state index in [-0.39, 0.29) is 48.3 Å². The summed E-state index contributed by atoms with van der Waals surface area (Å²) in [5.41, 5.74) is 0. The highest BCUT2D eigenvalue weighted by molar-refractivity contribution is 6.29. The molecule has 0 radical (unpaired) electrons. The lowest BCUT2D eigenvalue weighted by atomic mass is 9.91. The van der Waals surface area contributed by atoms with Gasteiger partial charge in [0, 0.05) is 25.7 Å². The maximum atomic E-state index is 13.6. The van der Waals surface area contributed by atoms with Gasteiger partial charge in [-0.2, -0.15) is 18.2 Å². The van der Waals surface area contributed by atoms with Crippen LogP contribution in [0.2, 0.25) is 5.15 Å². The molecule has 1 aromatic rings. The summed E-state index contributed by atoms with van der Waals surface area (Å²) in [6.07, 6.45) is -0.390. The van der Waals surface area contributed by atoms with Crippen LogP contribution >= 0.6 is 11.6 Å². The predicted octanol–water partition coefficient (Wildman–Crippen LogP) is 3.38. The van der Waals surface area contributed by atoms with Crippen LogP contribution in [0.4, 0.5) is 24.9 Å². The fourth-order valence-corrected chi connectivity index (χ4v) is 4.01. The Morgan fingerprint density at radius 1 is 1.22 bits per heavy atom. The largest absolute Gasteiger partial charge is 0.408 e. The standard InChI is InChI=1S/C17H23ClF3N5O/c1-22-16-24-13(18)8-14(25-16)26-9-10(6-7-12(26)17(19,20)21)15(27)23-11-4-2-3-5-11/h8,10-12H,2-7,9H2,1H3,(H,23,27)(H,22,24,25)/t10-,12-/m1/s1. The molecule has 1 amide bonds. The van der Waals surface area contributed by atoms with Crippen LogP contribution in [0, 0.1) is 5.92 Å².